The zero-order valence-electron chi connectivity index (χ0n) is 17.7. The highest BCUT2D eigenvalue weighted by Gasteiger charge is 2.31. The summed E-state index contributed by atoms with van der Waals surface area (Å²) in [5.41, 5.74) is 0.279. The number of hydrogen-bond donors (Lipinski definition) is 0. The number of rotatable bonds is 7. The zero-order chi connectivity index (χ0) is 22.7. The van der Waals surface area contributed by atoms with Gasteiger partial charge >= 0.3 is 0 Å². The zero-order valence-corrected chi connectivity index (χ0v) is 20.1. The van der Waals surface area contributed by atoms with Gasteiger partial charge in [0.25, 0.3) is 5.91 Å². The van der Waals surface area contributed by atoms with Crippen LogP contribution in [0.1, 0.15) is 40.8 Å². The molecule has 0 radical (unpaired) electrons. The largest absolute Gasteiger partial charge is 0.467 e. The number of nitrogens with zero attached hydrogens (tertiary/aromatic N) is 2. The van der Waals surface area contributed by atoms with Crippen molar-refractivity contribution in [3.63, 3.8) is 0 Å². The van der Waals surface area contributed by atoms with Crippen molar-refractivity contribution in [2.24, 2.45) is 5.92 Å². The molecule has 170 valence electrons. The fourth-order valence-electron chi connectivity index (χ4n) is 3.90. The van der Waals surface area contributed by atoms with Gasteiger partial charge in [-0.2, -0.15) is 4.31 Å². The van der Waals surface area contributed by atoms with Crippen LogP contribution in [0.15, 0.2) is 63.4 Å². The fraction of sp³-hybridized carbons (Fsp3) is 0.348. The van der Waals surface area contributed by atoms with Gasteiger partial charge in [-0.05, 0) is 60.5 Å². The Bertz CT molecular complexity index is 1120. The van der Waals surface area contributed by atoms with Crippen molar-refractivity contribution in [2.75, 3.05) is 13.1 Å². The number of thiophene rings is 1. The van der Waals surface area contributed by atoms with Gasteiger partial charge in [-0.3, -0.25) is 4.79 Å². The first-order valence-corrected chi connectivity index (χ1v) is 13.2. The second kappa shape index (κ2) is 9.79. The van der Waals surface area contributed by atoms with Crippen molar-refractivity contribution < 1.29 is 17.6 Å². The van der Waals surface area contributed by atoms with Gasteiger partial charge in [-0.15, -0.1) is 11.3 Å². The van der Waals surface area contributed by atoms with E-state index in [2.05, 4.69) is 0 Å². The summed E-state index contributed by atoms with van der Waals surface area (Å²) in [7, 11) is -3.79. The van der Waals surface area contributed by atoms with Gasteiger partial charge in [0.05, 0.1) is 24.4 Å². The standard InChI is InChI=1S/C23H25ClN2O4S2/c1-17-5-2-10-26(14-17)32(28,29)22-13-18(8-9-21(22)24)23(27)25(15-19-6-3-11-30-19)16-20-7-4-12-31-20/h3-4,6-9,11-13,17H,2,5,10,14-16H2,1H3. The van der Waals surface area contributed by atoms with Crippen LogP contribution in [0.25, 0.3) is 0 Å². The van der Waals surface area contributed by atoms with Crippen LogP contribution >= 0.6 is 22.9 Å². The molecule has 1 unspecified atom stereocenters. The number of piperidine rings is 1. The molecule has 9 heteroatoms. The molecule has 1 aliphatic heterocycles. The third-order valence-electron chi connectivity index (χ3n) is 5.56. The normalized spacial score (nSPS) is 17.4. The number of carbonyl (C=O) groups is 1. The van der Waals surface area contributed by atoms with E-state index in [-0.39, 0.29) is 33.9 Å². The second-order valence-corrected chi connectivity index (χ2v) is 11.4. The highest BCUT2D eigenvalue weighted by molar-refractivity contribution is 7.89. The van der Waals surface area contributed by atoms with E-state index in [9.17, 15) is 13.2 Å². The van der Waals surface area contributed by atoms with E-state index in [1.807, 2.05) is 30.5 Å². The minimum Gasteiger partial charge on any atom is -0.467 e. The Morgan fingerprint density at radius 3 is 2.78 bits per heavy atom. The van der Waals surface area contributed by atoms with Gasteiger partial charge in [0.2, 0.25) is 10.0 Å². The van der Waals surface area contributed by atoms with Gasteiger partial charge in [-0.1, -0.05) is 24.6 Å². The number of benzene rings is 1. The van der Waals surface area contributed by atoms with E-state index in [4.69, 9.17) is 16.0 Å². The van der Waals surface area contributed by atoms with Gasteiger partial charge in [-0.25, -0.2) is 8.42 Å². The first-order valence-electron chi connectivity index (χ1n) is 10.5. The third-order valence-corrected chi connectivity index (χ3v) is 8.76. The summed E-state index contributed by atoms with van der Waals surface area (Å²) in [6.07, 6.45) is 3.38. The molecule has 1 fully saturated rings. The van der Waals surface area contributed by atoms with Crippen LogP contribution in [0.3, 0.4) is 0 Å². The second-order valence-electron chi connectivity index (χ2n) is 8.08. The molecule has 32 heavy (non-hydrogen) atoms. The quantitative estimate of drug-likeness (QED) is 0.451. The number of furan rings is 1. The van der Waals surface area contributed by atoms with E-state index in [1.54, 1.807) is 34.6 Å². The van der Waals surface area contributed by atoms with Crippen molar-refractivity contribution in [3.05, 3.63) is 75.3 Å². The first kappa shape index (κ1) is 23.0. The Morgan fingerprint density at radius 2 is 2.09 bits per heavy atom. The molecule has 6 nitrogen and oxygen atoms in total. The highest BCUT2D eigenvalue weighted by Crippen LogP contribution is 2.30. The van der Waals surface area contributed by atoms with Gasteiger partial charge in [0.1, 0.15) is 10.7 Å². The predicted molar refractivity (Wildman–Crippen MR) is 125 cm³/mol. The summed E-state index contributed by atoms with van der Waals surface area (Å²) < 4.78 is 33.5. The van der Waals surface area contributed by atoms with Crippen LogP contribution in [0, 0.1) is 5.92 Å². The van der Waals surface area contributed by atoms with E-state index < -0.39 is 10.0 Å². The van der Waals surface area contributed by atoms with Crippen molar-refractivity contribution in [3.8, 4) is 0 Å². The molecule has 0 aliphatic carbocycles. The lowest BCUT2D eigenvalue weighted by molar-refractivity contribution is 0.0719. The molecular weight excluding hydrogens is 468 g/mol. The van der Waals surface area contributed by atoms with E-state index in [0.717, 1.165) is 17.7 Å². The molecule has 2 aromatic heterocycles. The summed E-state index contributed by atoms with van der Waals surface area (Å²) in [5, 5.41) is 2.08. The maximum atomic E-state index is 13.5. The van der Waals surface area contributed by atoms with Crippen LogP contribution in [-0.4, -0.2) is 36.6 Å². The van der Waals surface area contributed by atoms with E-state index in [1.165, 1.54) is 16.4 Å². The third kappa shape index (κ3) is 5.09. The van der Waals surface area contributed by atoms with Crippen molar-refractivity contribution in [2.45, 2.75) is 37.8 Å². The minimum atomic E-state index is -3.79. The molecule has 1 aromatic carbocycles. The Balaban J connectivity index is 1.64. The molecular formula is C23H25ClN2O4S2. The average Bonchev–Trinajstić information content (AvgIpc) is 3.47. The number of amides is 1. The first-order chi connectivity index (χ1) is 15.3. The van der Waals surface area contributed by atoms with Crippen molar-refractivity contribution >= 4 is 38.9 Å². The van der Waals surface area contributed by atoms with Gasteiger partial charge < -0.3 is 9.32 Å². The maximum absolute atomic E-state index is 13.5. The topological polar surface area (TPSA) is 70.8 Å². The summed E-state index contributed by atoms with van der Waals surface area (Å²) in [5.74, 6) is 0.658. The maximum Gasteiger partial charge on any atom is 0.254 e. The van der Waals surface area contributed by atoms with Crippen LogP contribution in [-0.2, 0) is 23.1 Å². The van der Waals surface area contributed by atoms with Crippen LogP contribution in [0.5, 0.6) is 0 Å². The summed E-state index contributed by atoms with van der Waals surface area (Å²) >= 11 is 7.86. The number of carbonyl (C=O) groups excluding carboxylic acids is 1. The molecule has 0 bridgehead atoms. The SMILES string of the molecule is CC1CCCN(S(=O)(=O)c2cc(C(=O)N(Cc3ccco3)Cc3cccs3)ccc2Cl)C1. The molecule has 1 atom stereocenters. The van der Waals surface area contributed by atoms with E-state index in [0.29, 0.717) is 25.4 Å². The molecule has 1 saturated heterocycles. The lowest BCUT2D eigenvalue weighted by Crippen LogP contribution is -2.39. The lowest BCUT2D eigenvalue weighted by Gasteiger charge is -2.30. The molecule has 1 aliphatic rings. The highest BCUT2D eigenvalue weighted by atomic mass is 35.5. The Hall–Kier alpha value is -2.13. The predicted octanol–water partition coefficient (Wildman–Crippen LogP) is 5.26. The smallest absolute Gasteiger partial charge is 0.254 e. The summed E-state index contributed by atoms with van der Waals surface area (Å²) in [4.78, 5) is 16.1. The van der Waals surface area contributed by atoms with Crippen LogP contribution in [0.4, 0.5) is 0 Å². The molecule has 0 N–H and O–H groups in total. The number of sulfonamides is 1. The number of hydrogen-bond acceptors (Lipinski definition) is 5. The van der Waals surface area contributed by atoms with E-state index >= 15 is 0 Å². The Kier molecular flexibility index (Phi) is 7.05. The monoisotopic (exact) mass is 492 g/mol. The Labute approximate surface area is 197 Å². The molecule has 3 aromatic rings. The van der Waals surface area contributed by atoms with Crippen LogP contribution < -0.4 is 0 Å². The minimum absolute atomic E-state index is 0.0202. The van der Waals surface area contributed by atoms with Crippen molar-refractivity contribution in [1.82, 2.24) is 9.21 Å². The molecule has 3 heterocycles. The van der Waals surface area contributed by atoms with Crippen molar-refractivity contribution in [1.29, 1.82) is 0 Å². The molecule has 1 amide bonds. The molecule has 0 spiro atoms. The summed E-state index contributed by atoms with van der Waals surface area (Å²) in [6, 6.07) is 11.9. The van der Waals surface area contributed by atoms with Crippen LogP contribution in [0.2, 0.25) is 5.02 Å². The molecule has 4 rings (SSSR count). The van der Waals surface area contributed by atoms with Gasteiger partial charge in [0, 0.05) is 23.5 Å². The fourth-order valence-corrected chi connectivity index (χ4v) is 6.72. The summed E-state index contributed by atoms with van der Waals surface area (Å²) in [6.45, 7) is 3.63. The molecule has 0 saturated carbocycles. The van der Waals surface area contributed by atoms with Gasteiger partial charge in [0.15, 0.2) is 0 Å². The lowest BCUT2D eigenvalue weighted by atomic mass is 10.0. The Morgan fingerprint density at radius 1 is 1.25 bits per heavy atom. The number of halogens is 1. The average molecular weight is 493 g/mol.